The minimum atomic E-state index is -0.987. The molecule has 5 aromatic carbocycles. The normalized spacial score (nSPS) is 10.8. The standard InChI is InChI=1S/C35H26F4N2O3/c1-44-31-13-12-25(34(42)40-32-27(36)16-23(17-28(32)37)14-21-8-4-2-5-9-21)20-26(31)35(43)41-33-29(38)18-24(19-30(33)39)15-22-10-6-3-7-11-22/h2-13,16-20H,14-15H2,1H3,(H,40,42)(H,41,43). The molecule has 0 aromatic heterocycles. The van der Waals surface area contributed by atoms with E-state index in [0.717, 1.165) is 41.5 Å². The van der Waals surface area contributed by atoms with E-state index in [0.29, 0.717) is 11.1 Å². The molecule has 0 unspecified atom stereocenters. The fraction of sp³-hybridized carbons (Fsp3) is 0.0857. The van der Waals surface area contributed by atoms with E-state index in [2.05, 4.69) is 10.6 Å². The van der Waals surface area contributed by atoms with Crippen LogP contribution < -0.4 is 15.4 Å². The van der Waals surface area contributed by atoms with E-state index in [-0.39, 0.29) is 29.7 Å². The molecule has 0 heterocycles. The molecule has 9 heteroatoms. The lowest BCUT2D eigenvalue weighted by atomic mass is 10.0. The molecule has 2 N–H and O–H groups in total. The molecule has 5 rings (SSSR count). The SMILES string of the molecule is COc1ccc(C(=O)Nc2c(F)cc(Cc3ccccc3)cc2F)cc1C(=O)Nc1c(F)cc(Cc2ccccc2)cc1F. The van der Waals surface area contributed by atoms with Gasteiger partial charge in [0.05, 0.1) is 12.7 Å². The molecule has 2 amide bonds. The Bertz CT molecular complexity index is 1780. The van der Waals surface area contributed by atoms with E-state index in [1.54, 1.807) is 0 Å². The van der Waals surface area contributed by atoms with Crippen LogP contribution in [0.2, 0.25) is 0 Å². The van der Waals surface area contributed by atoms with E-state index in [9.17, 15) is 27.2 Å². The zero-order valence-electron chi connectivity index (χ0n) is 23.5. The number of benzene rings is 5. The van der Waals surface area contributed by atoms with Crippen molar-refractivity contribution in [2.45, 2.75) is 12.8 Å². The molecule has 0 fully saturated rings. The predicted octanol–water partition coefficient (Wildman–Crippen LogP) is 7.94. The van der Waals surface area contributed by atoms with Gasteiger partial charge in [0, 0.05) is 5.56 Å². The van der Waals surface area contributed by atoms with E-state index < -0.39 is 46.5 Å². The largest absolute Gasteiger partial charge is 0.496 e. The topological polar surface area (TPSA) is 67.4 Å². The van der Waals surface area contributed by atoms with Crippen molar-refractivity contribution in [1.29, 1.82) is 0 Å². The average Bonchev–Trinajstić information content (AvgIpc) is 3.01. The average molecular weight is 599 g/mol. The number of methoxy groups -OCH3 is 1. The summed E-state index contributed by atoms with van der Waals surface area (Å²) in [4.78, 5) is 26.1. The number of carbonyl (C=O) groups is 2. The van der Waals surface area contributed by atoms with Gasteiger partial charge in [-0.25, -0.2) is 17.6 Å². The molecule has 0 bridgehead atoms. The fourth-order valence-electron chi connectivity index (χ4n) is 4.75. The van der Waals surface area contributed by atoms with Gasteiger partial charge in [-0.15, -0.1) is 0 Å². The first-order valence-corrected chi connectivity index (χ1v) is 13.6. The number of hydrogen-bond acceptors (Lipinski definition) is 3. The zero-order chi connectivity index (χ0) is 31.2. The molecular formula is C35H26F4N2O3. The summed E-state index contributed by atoms with van der Waals surface area (Å²) in [5.41, 5.74) is 0.736. The van der Waals surface area contributed by atoms with Crippen LogP contribution in [0.4, 0.5) is 28.9 Å². The van der Waals surface area contributed by atoms with Crippen LogP contribution in [0.3, 0.4) is 0 Å². The number of ether oxygens (including phenoxy) is 1. The summed E-state index contributed by atoms with van der Waals surface area (Å²) in [7, 11) is 1.27. The summed E-state index contributed by atoms with van der Waals surface area (Å²) in [6.07, 6.45) is 0.571. The summed E-state index contributed by atoms with van der Waals surface area (Å²) >= 11 is 0. The van der Waals surface area contributed by atoms with E-state index in [1.807, 2.05) is 60.7 Å². The van der Waals surface area contributed by atoms with Gasteiger partial charge >= 0.3 is 0 Å². The third-order valence-corrected chi connectivity index (χ3v) is 6.89. The summed E-state index contributed by atoms with van der Waals surface area (Å²) in [6, 6.07) is 26.4. The molecule has 44 heavy (non-hydrogen) atoms. The molecule has 0 atom stereocenters. The molecule has 222 valence electrons. The summed E-state index contributed by atoms with van der Waals surface area (Å²) < 4.78 is 64.8. The minimum absolute atomic E-state index is 0.00295. The van der Waals surface area contributed by atoms with Gasteiger partial charge in [-0.3, -0.25) is 9.59 Å². The Balaban J connectivity index is 1.34. The Labute approximate surface area is 251 Å². The molecule has 5 aromatic rings. The van der Waals surface area contributed by atoms with Crippen molar-refractivity contribution in [3.63, 3.8) is 0 Å². The number of halogens is 4. The van der Waals surface area contributed by atoms with E-state index >= 15 is 0 Å². The van der Waals surface area contributed by atoms with Crippen molar-refractivity contribution in [1.82, 2.24) is 0 Å². The molecule has 0 saturated carbocycles. The Morgan fingerprint density at radius 1 is 0.568 bits per heavy atom. The smallest absolute Gasteiger partial charge is 0.259 e. The Morgan fingerprint density at radius 2 is 1.00 bits per heavy atom. The molecule has 0 aliphatic rings. The van der Waals surface area contributed by atoms with Crippen LogP contribution >= 0.6 is 0 Å². The number of carbonyl (C=O) groups excluding carboxylic acids is 2. The van der Waals surface area contributed by atoms with Crippen molar-refractivity contribution < 1.29 is 31.9 Å². The van der Waals surface area contributed by atoms with Gasteiger partial charge in [0.1, 0.15) is 40.4 Å². The second-order valence-electron chi connectivity index (χ2n) is 10.0. The highest BCUT2D eigenvalue weighted by Gasteiger charge is 2.21. The lowest BCUT2D eigenvalue weighted by Gasteiger charge is -2.14. The number of anilines is 2. The maximum absolute atomic E-state index is 14.9. The van der Waals surface area contributed by atoms with E-state index in [1.165, 1.54) is 19.2 Å². The first-order valence-electron chi connectivity index (χ1n) is 13.6. The summed E-state index contributed by atoms with van der Waals surface area (Å²) in [5.74, 6) is -5.80. The van der Waals surface area contributed by atoms with Crippen molar-refractivity contribution in [2.75, 3.05) is 17.7 Å². The first-order chi connectivity index (χ1) is 21.2. The van der Waals surface area contributed by atoms with Gasteiger partial charge in [0.15, 0.2) is 0 Å². The molecule has 0 radical (unpaired) electrons. The van der Waals surface area contributed by atoms with Crippen LogP contribution in [-0.4, -0.2) is 18.9 Å². The number of hydrogen-bond donors (Lipinski definition) is 2. The van der Waals surface area contributed by atoms with Crippen molar-refractivity contribution in [3.05, 3.63) is 160 Å². The van der Waals surface area contributed by atoms with Crippen LogP contribution in [-0.2, 0) is 12.8 Å². The second kappa shape index (κ2) is 13.2. The lowest BCUT2D eigenvalue weighted by molar-refractivity contribution is 0.102. The highest BCUT2D eigenvalue weighted by molar-refractivity contribution is 6.10. The van der Waals surface area contributed by atoms with Crippen LogP contribution in [0, 0.1) is 23.3 Å². The number of rotatable bonds is 9. The second-order valence-corrected chi connectivity index (χ2v) is 10.0. The zero-order valence-corrected chi connectivity index (χ0v) is 23.5. The van der Waals surface area contributed by atoms with Gasteiger partial charge in [-0.2, -0.15) is 0 Å². The molecule has 0 saturated heterocycles. The Hall–Kier alpha value is -5.44. The van der Waals surface area contributed by atoms with Gasteiger partial charge in [0.2, 0.25) is 0 Å². The van der Waals surface area contributed by atoms with Gasteiger partial charge in [-0.1, -0.05) is 60.7 Å². The monoisotopic (exact) mass is 598 g/mol. The molecule has 0 aliphatic carbocycles. The van der Waals surface area contributed by atoms with E-state index in [4.69, 9.17) is 4.74 Å². The molecule has 5 nitrogen and oxygen atoms in total. The Morgan fingerprint density at radius 3 is 1.43 bits per heavy atom. The predicted molar refractivity (Wildman–Crippen MR) is 160 cm³/mol. The maximum Gasteiger partial charge on any atom is 0.259 e. The minimum Gasteiger partial charge on any atom is -0.496 e. The van der Waals surface area contributed by atoms with Crippen LogP contribution in [0.25, 0.3) is 0 Å². The molecular weight excluding hydrogens is 572 g/mol. The number of amides is 2. The van der Waals surface area contributed by atoms with Crippen molar-refractivity contribution in [3.8, 4) is 5.75 Å². The summed E-state index contributed by atoms with van der Waals surface area (Å²) in [6.45, 7) is 0. The third-order valence-electron chi connectivity index (χ3n) is 6.89. The first kappa shape index (κ1) is 30.0. The van der Waals surface area contributed by atoms with Crippen LogP contribution in [0.5, 0.6) is 5.75 Å². The van der Waals surface area contributed by atoms with Crippen LogP contribution in [0.1, 0.15) is 43.0 Å². The maximum atomic E-state index is 14.9. The van der Waals surface area contributed by atoms with Crippen molar-refractivity contribution in [2.24, 2.45) is 0 Å². The van der Waals surface area contributed by atoms with Gasteiger partial charge in [-0.05, 0) is 77.6 Å². The summed E-state index contributed by atoms with van der Waals surface area (Å²) in [5, 5.41) is 4.40. The fourth-order valence-corrected chi connectivity index (χ4v) is 4.75. The van der Waals surface area contributed by atoms with Crippen molar-refractivity contribution >= 4 is 23.2 Å². The highest BCUT2D eigenvalue weighted by Crippen LogP contribution is 2.28. The highest BCUT2D eigenvalue weighted by atomic mass is 19.1. The van der Waals surface area contributed by atoms with Gasteiger partial charge in [0.25, 0.3) is 11.8 Å². The van der Waals surface area contributed by atoms with Crippen LogP contribution in [0.15, 0.2) is 103 Å². The molecule has 0 aliphatic heterocycles. The molecule has 0 spiro atoms. The quantitative estimate of drug-likeness (QED) is 0.169. The third kappa shape index (κ3) is 6.95. The lowest BCUT2D eigenvalue weighted by Crippen LogP contribution is -2.18. The van der Waals surface area contributed by atoms with Gasteiger partial charge < -0.3 is 15.4 Å². The number of nitrogens with one attached hydrogen (secondary N) is 2. The Kier molecular flexibility index (Phi) is 9.04.